The van der Waals surface area contributed by atoms with E-state index in [0.29, 0.717) is 6.04 Å². The lowest BCUT2D eigenvalue weighted by Crippen LogP contribution is -2.37. The summed E-state index contributed by atoms with van der Waals surface area (Å²) in [4.78, 5) is 4.08. The van der Waals surface area contributed by atoms with Crippen molar-refractivity contribution in [1.82, 2.24) is 10.4 Å². The van der Waals surface area contributed by atoms with Crippen LogP contribution >= 0.6 is 11.8 Å². The lowest BCUT2D eigenvalue weighted by atomic mass is 10.1. The first-order valence-electron chi connectivity index (χ1n) is 4.70. The average Bonchev–Trinajstić information content (AvgIpc) is 2.25. The van der Waals surface area contributed by atoms with Gasteiger partial charge in [-0.3, -0.25) is 16.3 Å². The zero-order valence-corrected chi connectivity index (χ0v) is 9.26. The highest BCUT2D eigenvalue weighted by atomic mass is 32.2. The van der Waals surface area contributed by atoms with Gasteiger partial charge < -0.3 is 0 Å². The van der Waals surface area contributed by atoms with E-state index in [2.05, 4.69) is 22.7 Å². The molecule has 0 spiro atoms. The Hall–Kier alpha value is -0.580. The summed E-state index contributed by atoms with van der Waals surface area (Å²) >= 11 is 1.84. The average molecular weight is 211 g/mol. The van der Waals surface area contributed by atoms with Crippen molar-refractivity contribution in [2.24, 2.45) is 5.84 Å². The van der Waals surface area contributed by atoms with Crippen LogP contribution in [0.15, 0.2) is 24.5 Å². The highest BCUT2D eigenvalue weighted by Crippen LogP contribution is 2.06. The summed E-state index contributed by atoms with van der Waals surface area (Å²) in [7, 11) is 0. The van der Waals surface area contributed by atoms with Gasteiger partial charge in [0.05, 0.1) is 0 Å². The van der Waals surface area contributed by atoms with Gasteiger partial charge in [0.2, 0.25) is 0 Å². The number of nitrogens with one attached hydrogen (secondary N) is 1. The molecule has 1 heterocycles. The third kappa shape index (κ3) is 4.09. The number of rotatable bonds is 6. The number of nitrogens with zero attached hydrogens (tertiary/aromatic N) is 1. The summed E-state index contributed by atoms with van der Waals surface area (Å²) in [6, 6.07) is 4.39. The number of hydrogen-bond donors (Lipinski definition) is 2. The molecular formula is C10H17N3S. The van der Waals surface area contributed by atoms with Crippen LogP contribution in [0.1, 0.15) is 12.0 Å². The van der Waals surface area contributed by atoms with Crippen LogP contribution in [0, 0.1) is 0 Å². The van der Waals surface area contributed by atoms with Crippen molar-refractivity contribution >= 4 is 11.8 Å². The van der Waals surface area contributed by atoms with Crippen LogP contribution in [0.4, 0.5) is 0 Å². The maximum absolute atomic E-state index is 5.48. The van der Waals surface area contributed by atoms with E-state index >= 15 is 0 Å². The van der Waals surface area contributed by atoms with Crippen molar-refractivity contribution in [2.45, 2.75) is 18.9 Å². The molecule has 0 aliphatic rings. The fourth-order valence-corrected chi connectivity index (χ4v) is 1.83. The molecule has 1 aromatic rings. The minimum Gasteiger partial charge on any atom is -0.271 e. The van der Waals surface area contributed by atoms with Gasteiger partial charge in [0.1, 0.15) is 0 Å². The van der Waals surface area contributed by atoms with E-state index in [9.17, 15) is 0 Å². The Kier molecular flexibility index (Phi) is 5.59. The number of hydrazine groups is 1. The molecule has 1 rings (SSSR count). The van der Waals surface area contributed by atoms with Crippen molar-refractivity contribution in [2.75, 3.05) is 12.0 Å². The fraction of sp³-hybridized carbons (Fsp3) is 0.500. The van der Waals surface area contributed by atoms with Crippen molar-refractivity contribution in [3.63, 3.8) is 0 Å². The number of nitrogens with two attached hydrogens (primary N) is 1. The van der Waals surface area contributed by atoms with Crippen LogP contribution in [-0.2, 0) is 6.42 Å². The first kappa shape index (κ1) is 11.5. The number of aromatic nitrogens is 1. The maximum Gasteiger partial charge on any atom is 0.0300 e. The van der Waals surface area contributed by atoms with Crippen LogP contribution in [0.3, 0.4) is 0 Å². The smallest absolute Gasteiger partial charge is 0.0300 e. The van der Waals surface area contributed by atoms with Crippen molar-refractivity contribution in [1.29, 1.82) is 0 Å². The highest BCUT2D eigenvalue weighted by molar-refractivity contribution is 7.98. The lowest BCUT2D eigenvalue weighted by Gasteiger charge is -2.14. The van der Waals surface area contributed by atoms with Crippen LogP contribution in [0.5, 0.6) is 0 Å². The summed E-state index contributed by atoms with van der Waals surface area (Å²) in [5, 5.41) is 0. The molecule has 0 bridgehead atoms. The van der Waals surface area contributed by atoms with E-state index in [4.69, 9.17) is 5.84 Å². The third-order valence-electron chi connectivity index (χ3n) is 2.11. The molecule has 0 aliphatic carbocycles. The summed E-state index contributed by atoms with van der Waals surface area (Å²) in [6.45, 7) is 0. The molecule has 14 heavy (non-hydrogen) atoms. The predicted octanol–water partition coefficient (Wildman–Crippen LogP) is 1.21. The quantitative estimate of drug-likeness (QED) is 0.548. The zero-order valence-electron chi connectivity index (χ0n) is 8.44. The molecular weight excluding hydrogens is 194 g/mol. The van der Waals surface area contributed by atoms with E-state index < -0.39 is 0 Å². The summed E-state index contributed by atoms with van der Waals surface area (Å²) in [5.74, 6) is 6.62. The topological polar surface area (TPSA) is 50.9 Å². The maximum atomic E-state index is 5.48. The Labute approximate surface area is 89.5 Å². The summed E-state index contributed by atoms with van der Waals surface area (Å²) in [5.41, 5.74) is 4.08. The monoisotopic (exact) mass is 211 g/mol. The summed E-state index contributed by atoms with van der Waals surface area (Å²) in [6.07, 6.45) is 7.83. The van der Waals surface area contributed by atoms with E-state index in [-0.39, 0.29) is 0 Å². The molecule has 0 amide bonds. The second kappa shape index (κ2) is 6.81. The molecule has 0 radical (unpaired) electrons. The summed E-state index contributed by atoms with van der Waals surface area (Å²) < 4.78 is 0. The first-order chi connectivity index (χ1) is 6.86. The second-order valence-electron chi connectivity index (χ2n) is 3.21. The van der Waals surface area contributed by atoms with E-state index in [1.807, 2.05) is 24.0 Å². The molecule has 0 saturated carbocycles. The van der Waals surface area contributed by atoms with E-state index in [1.165, 1.54) is 5.56 Å². The van der Waals surface area contributed by atoms with Crippen molar-refractivity contribution < 1.29 is 0 Å². The minimum absolute atomic E-state index is 0.353. The van der Waals surface area contributed by atoms with Gasteiger partial charge in [0.15, 0.2) is 0 Å². The number of thioether (sulfide) groups is 1. The molecule has 78 valence electrons. The zero-order chi connectivity index (χ0) is 10.2. The molecule has 0 aliphatic heterocycles. The molecule has 4 heteroatoms. The Morgan fingerprint density at radius 3 is 3.07 bits per heavy atom. The molecule has 0 fully saturated rings. The van der Waals surface area contributed by atoms with Crippen LogP contribution in [-0.4, -0.2) is 23.0 Å². The Morgan fingerprint density at radius 2 is 2.50 bits per heavy atom. The second-order valence-corrected chi connectivity index (χ2v) is 4.20. The van der Waals surface area contributed by atoms with Crippen molar-refractivity contribution in [3.8, 4) is 0 Å². The molecule has 3 nitrogen and oxygen atoms in total. The Balaban J connectivity index is 2.40. The minimum atomic E-state index is 0.353. The third-order valence-corrected chi connectivity index (χ3v) is 2.75. The number of pyridine rings is 1. The van der Waals surface area contributed by atoms with Gasteiger partial charge in [-0.2, -0.15) is 11.8 Å². The van der Waals surface area contributed by atoms with Crippen LogP contribution < -0.4 is 11.3 Å². The molecule has 0 saturated heterocycles. The highest BCUT2D eigenvalue weighted by Gasteiger charge is 2.06. The van der Waals surface area contributed by atoms with Gasteiger partial charge in [-0.05, 0) is 36.5 Å². The van der Waals surface area contributed by atoms with E-state index in [1.54, 1.807) is 6.20 Å². The fourth-order valence-electron chi connectivity index (χ4n) is 1.31. The largest absolute Gasteiger partial charge is 0.271 e. The number of hydrogen-bond acceptors (Lipinski definition) is 4. The van der Waals surface area contributed by atoms with Crippen molar-refractivity contribution in [3.05, 3.63) is 30.1 Å². The Bertz CT molecular complexity index is 240. The van der Waals surface area contributed by atoms with Gasteiger partial charge in [-0.25, -0.2) is 0 Å². The SMILES string of the molecule is CSCCC(Cc1cccnc1)NN. The first-order valence-corrected chi connectivity index (χ1v) is 6.10. The molecule has 1 aromatic heterocycles. The molecule has 1 unspecified atom stereocenters. The van der Waals surface area contributed by atoms with Gasteiger partial charge in [-0.1, -0.05) is 6.07 Å². The molecule has 1 atom stereocenters. The van der Waals surface area contributed by atoms with Gasteiger partial charge in [0.25, 0.3) is 0 Å². The van der Waals surface area contributed by atoms with Gasteiger partial charge in [-0.15, -0.1) is 0 Å². The predicted molar refractivity (Wildman–Crippen MR) is 62.1 cm³/mol. The van der Waals surface area contributed by atoms with Crippen LogP contribution in [0.2, 0.25) is 0 Å². The lowest BCUT2D eigenvalue weighted by molar-refractivity contribution is 0.514. The van der Waals surface area contributed by atoms with E-state index in [0.717, 1.165) is 18.6 Å². The Morgan fingerprint density at radius 1 is 1.64 bits per heavy atom. The standard InChI is InChI=1S/C10H17N3S/c1-14-6-4-10(13-11)7-9-3-2-5-12-8-9/h2-3,5,8,10,13H,4,6-7,11H2,1H3. The van der Waals surface area contributed by atoms with Gasteiger partial charge in [0, 0.05) is 18.4 Å². The normalized spacial score (nSPS) is 12.7. The molecule has 0 aromatic carbocycles. The van der Waals surface area contributed by atoms with Crippen LogP contribution in [0.25, 0.3) is 0 Å². The molecule has 3 N–H and O–H groups in total. The van der Waals surface area contributed by atoms with Gasteiger partial charge >= 0.3 is 0 Å².